The maximum atomic E-state index is 12.1. The van der Waals surface area contributed by atoms with Crippen molar-refractivity contribution in [1.29, 1.82) is 0 Å². The molecule has 0 aliphatic carbocycles. The van der Waals surface area contributed by atoms with Gasteiger partial charge in [-0.15, -0.1) is 0 Å². The minimum Gasteiger partial charge on any atom is -0.478 e. The predicted molar refractivity (Wildman–Crippen MR) is 99.4 cm³/mol. The van der Waals surface area contributed by atoms with Gasteiger partial charge in [0.1, 0.15) is 0 Å². The molecule has 136 valence electrons. The molecule has 2 aromatic rings. The first-order valence-corrected chi connectivity index (χ1v) is 8.23. The summed E-state index contributed by atoms with van der Waals surface area (Å²) in [6.07, 6.45) is 0.0791. The number of rotatable bonds is 6. The van der Waals surface area contributed by atoms with Crippen LogP contribution in [0.25, 0.3) is 0 Å². The SMILES string of the molecule is Cc1cc(C)c(NC(=O)CNC(=O)Cc2ccc(C(=O)O)cc2)c(C)c1. The van der Waals surface area contributed by atoms with Gasteiger partial charge in [-0.1, -0.05) is 29.8 Å². The maximum absolute atomic E-state index is 12.1. The molecule has 0 aliphatic heterocycles. The molecule has 0 saturated heterocycles. The number of amides is 2. The lowest BCUT2D eigenvalue weighted by Gasteiger charge is -2.13. The highest BCUT2D eigenvalue weighted by molar-refractivity contribution is 5.96. The number of benzene rings is 2. The average Bonchev–Trinajstić information content (AvgIpc) is 2.56. The van der Waals surface area contributed by atoms with Crippen LogP contribution in [0, 0.1) is 20.8 Å². The van der Waals surface area contributed by atoms with Crippen LogP contribution in [0.15, 0.2) is 36.4 Å². The van der Waals surface area contributed by atoms with Crippen LogP contribution in [0.1, 0.15) is 32.6 Å². The molecular weight excluding hydrogens is 332 g/mol. The largest absolute Gasteiger partial charge is 0.478 e. The van der Waals surface area contributed by atoms with E-state index in [-0.39, 0.29) is 30.3 Å². The maximum Gasteiger partial charge on any atom is 0.335 e. The third-order valence-corrected chi connectivity index (χ3v) is 3.95. The fraction of sp³-hybridized carbons (Fsp3) is 0.250. The van der Waals surface area contributed by atoms with E-state index < -0.39 is 5.97 Å². The number of aryl methyl sites for hydroxylation is 3. The topological polar surface area (TPSA) is 95.5 Å². The Bertz CT molecular complexity index is 818. The zero-order valence-corrected chi connectivity index (χ0v) is 15.1. The van der Waals surface area contributed by atoms with E-state index in [9.17, 15) is 14.4 Å². The monoisotopic (exact) mass is 354 g/mol. The van der Waals surface area contributed by atoms with Gasteiger partial charge in [0.15, 0.2) is 0 Å². The van der Waals surface area contributed by atoms with Gasteiger partial charge in [0.25, 0.3) is 0 Å². The van der Waals surface area contributed by atoms with Gasteiger partial charge in [0, 0.05) is 5.69 Å². The van der Waals surface area contributed by atoms with Crippen LogP contribution in [0.2, 0.25) is 0 Å². The van der Waals surface area contributed by atoms with Crippen LogP contribution in [-0.2, 0) is 16.0 Å². The number of carboxylic acid groups (broad SMARTS) is 1. The van der Waals surface area contributed by atoms with Crippen molar-refractivity contribution in [3.05, 3.63) is 64.2 Å². The van der Waals surface area contributed by atoms with Gasteiger partial charge in [-0.05, 0) is 49.6 Å². The van der Waals surface area contributed by atoms with E-state index in [2.05, 4.69) is 10.6 Å². The molecule has 0 heterocycles. The molecule has 6 nitrogen and oxygen atoms in total. The molecule has 2 rings (SSSR count). The third-order valence-electron chi connectivity index (χ3n) is 3.95. The molecule has 0 saturated carbocycles. The quantitative estimate of drug-likeness (QED) is 0.743. The molecular formula is C20H22N2O4. The Morgan fingerprint density at radius 1 is 0.923 bits per heavy atom. The van der Waals surface area contributed by atoms with E-state index in [1.807, 2.05) is 32.9 Å². The van der Waals surface area contributed by atoms with Crippen molar-refractivity contribution in [2.75, 3.05) is 11.9 Å². The molecule has 0 unspecified atom stereocenters. The van der Waals surface area contributed by atoms with Crippen LogP contribution >= 0.6 is 0 Å². The Kier molecular flexibility index (Phi) is 6.11. The summed E-state index contributed by atoms with van der Waals surface area (Å²) in [6, 6.07) is 10.0. The Hall–Kier alpha value is -3.15. The lowest BCUT2D eigenvalue weighted by atomic mass is 10.1. The van der Waals surface area contributed by atoms with Crippen molar-refractivity contribution in [2.45, 2.75) is 27.2 Å². The van der Waals surface area contributed by atoms with Gasteiger partial charge < -0.3 is 15.7 Å². The second-order valence-electron chi connectivity index (χ2n) is 6.28. The second kappa shape index (κ2) is 8.29. The number of hydrogen-bond donors (Lipinski definition) is 3. The smallest absolute Gasteiger partial charge is 0.335 e. The van der Waals surface area contributed by atoms with Gasteiger partial charge >= 0.3 is 5.97 Å². The van der Waals surface area contributed by atoms with Crippen LogP contribution in [0.4, 0.5) is 5.69 Å². The Morgan fingerprint density at radius 3 is 2.04 bits per heavy atom. The number of hydrogen-bond acceptors (Lipinski definition) is 3. The van der Waals surface area contributed by atoms with Gasteiger partial charge in [-0.3, -0.25) is 9.59 Å². The Labute approximate surface area is 152 Å². The normalized spacial score (nSPS) is 10.3. The summed E-state index contributed by atoms with van der Waals surface area (Å²) >= 11 is 0. The standard InChI is InChI=1S/C20H22N2O4/c1-12-8-13(2)19(14(3)9-12)22-18(24)11-21-17(23)10-15-4-6-16(7-5-15)20(25)26/h4-9H,10-11H2,1-3H3,(H,21,23)(H,22,24)(H,25,26). The molecule has 0 spiro atoms. The van der Waals surface area contributed by atoms with Crippen molar-refractivity contribution in [3.63, 3.8) is 0 Å². The van der Waals surface area contributed by atoms with Crippen LogP contribution in [0.5, 0.6) is 0 Å². The molecule has 26 heavy (non-hydrogen) atoms. The average molecular weight is 354 g/mol. The van der Waals surface area contributed by atoms with E-state index in [1.165, 1.54) is 12.1 Å². The summed E-state index contributed by atoms with van der Waals surface area (Å²) in [6.45, 7) is 5.72. The van der Waals surface area contributed by atoms with Crippen molar-refractivity contribution in [3.8, 4) is 0 Å². The lowest BCUT2D eigenvalue weighted by molar-refractivity contribution is -0.123. The van der Waals surface area contributed by atoms with Gasteiger partial charge in [0.05, 0.1) is 18.5 Å². The van der Waals surface area contributed by atoms with Crippen molar-refractivity contribution >= 4 is 23.5 Å². The highest BCUT2D eigenvalue weighted by Crippen LogP contribution is 2.21. The zero-order chi connectivity index (χ0) is 19.3. The Morgan fingerprint density at radius 2 is 1.50 bits per heavy atom. The number of aromatic carboxylic acids is 1. The molecule has 0 aliphatic rings. The molecule has 0 atom stereocenters. The number of carbonyl (C=O) groups excluding carboxylic acids is 2. The molecule has 0 aromatic heterocycles. The van der Waals surface area contributed by atoms with Gasteiger partial charge in [-0.2, -0.15) is 0 Å². The molecule has 3 N–H and O–H groups in total. The summed E-state index contributed by atoms with van der Waals surface area (Å²) in [4.78, 5) is 34.9. The minimum absolute atomic E-state index is 0.0791. The fourth-order valence-electron chi connectivity index (χ4n) is 2.75. The fourth-order valence-corrected chi connectivity index (χ4v) is 2.75. The van der Waals surface area contributed by atoms with Crippen molar-refractivity contribution in [2.24, 2.45) is 0 Å². The van der Waals surface area contributed by atoms with E-state index in [4.69, 9.17) is 5.11 Å². The van der Waals surface area contributed by atoms with E-state index in [0.717, 1.165) is 22.4 Å². The first kappa shape index (κ1) is 19.2. The molecule has 2 aromatic carbocycles. The summed E-state index contributed by atoms with van der Waals surface area (Å²) in [5.41, 5.74) is 4.68. The van der Waals surface area contributed by atoms with Gasteiger partial charge in [0.2, 0.25) is 11.8 Å². The predicted octanol–water partition coefficient (Wildman–Crippen LogP) is 2.61. The highest BCUT2D eigenvalue weighted by Gasteiger charge is 2.11. The minimum atomic E-state index is -1.01. The number of carbonyl (C=O) groups is 3. The third kappa shape index (κ3) is 5.17. The molecule has 0 radical (unpaired) electrons. The molecule has 2 amide bonds. The summed E-state index contributed by atoms with van der Waals surface area (Å²) in [7, 11) is 0. The summed E-state index contributed by atoms with van der Waals surface area (Å²) in [5.74, 6) is -1.62. The summed E-state index contributed by atoms with van der Waals surface area (Å²) in [5, 5.41) is 14.3. The van der Waals surface area contributed by atoms with E-state index in [1.54, 1.807) is 12.1 Å². The zero-order valence-electron chi connectivity index (χ0n) is 15.1. The van der Waals surface area contributed by atoms with Crippen molar-refractivity contribution < 1.29 is 19.5 Å². The highest BCUT2D eigenvalue weighted by atomic mass is 16.4. The number of anilines is 1. The first-order chi connectivity index (χ1) is 12.3. The van der Waals surface area contributed by atoms with E-state index in [0.29, 0.717) is 5.56 Å². The first-order valence-electron chi connectivity index (χ1n) is 8.23. The van der Waals surface area contributed by atoms with E-state index >= 15 is 0 Å². The van der Waals surface area contributed by atoms with Gasteiger partial charge in [-0.25, -0.2) is 4.79 Å². The Balaban J connectivity index is 1.87. The van der Waals surface area contributed by atoms with Crippen molar-refractivity contribution in [1.82, 2.24) is 5.32 Å². The summed E-state index contributed by atoms with van der Waals surface area (Å²) < 4.78 is 0. The number of carboxylic acids is 1. The molecule has 0 fully saturated rings. The second-order valence-corrected chi connectivity index (χ2v) is 6.28. The van der Waals surface area contributed by atoms with Crippen LogP contribution in [-0.4, -0.2) is 29.4 Å². The molecule has 0 bridgehead atoms. The number of nitrogens with one attached hydrogen (secondary N) is 2. The van der Waals surface area contributed by atoms with Crippen LogP contribution < -0.4 is 10.6 Å². The lowest BCUT2D eigenvalue weighted by Crippen LogP contribution is -2.34. The van der Waals surface area contributed by atoms with Crippen LogP contribution in [0.3, 0.4) is 0 Å². The molecule has 6 heteroatoms.